The van der Waals surface area contributed by atoms with Crippen LogP contribution in [0.25, 0.3) is 0 Å². The lowest BCUT2D eigenvalue weighted by molar-refractivity contribution is -0.171. The summed E-state index contributed by atoms with van der Waals surface area (Å²) in [4.78, 5) is 26.2. The Morgan fingerprint density at radius 1 is 1.19 bits per heavy atom. The largest absolute Gasteiger partial charge is 0.471 e. The van der Waals surface area contributed by atoms with E-state index in [0.29, 0.717) is 12.1 Å². The molecule has 2 aliphatic heterocycles. The lowest BCUT2D eigenvalue weighted by atomic mass is 9.85. The zero-order valence-corrected chi connectivity index (χ0v) is 17.4. The Kier molecular flexibility index (Phi) is 5.77. The normalized spacial score (nSPS) is 20.8. The zero-order chi connectivity index (χ0) is 23.0. The summed E-state index contributed by atoms with van der Waals surface area (Å²) in [7, 11) is 0. The second-order valence-corrected chi connectivity index (χ2v) is 8.21. The maximum absolute atomic E-state index is 13.3. The fourth-order valence-electron chi connectivity index (χ4n) is 4.37. The predicted octanol–water partition coefficient (Wildman–Crippen LogP) is 3.10. The van der Waals surface area contributed by atoms with Gasteiger partial charge in [0.1, 0.15) is 5.84 Å². The van der Waals surface area contributed by atoms with Crippen molar-refractivity contribution in [3.63, 3.8) is 0 Å². The summed E-state index contributed by atoms with van der Waals surface area (Å²) in [6.45, 7) is 3.96. The molecule has 3 N–H and O–H groups in total. The van der Waals surface area contributed by atoms with E-state index in [9.17, 15) is 22.8 Å². The van der Waals surface area contributed by atoms with E-state index in [2.05, 4.69) is 29.6 Å². The number of benzene rings is 2. The van der Waals surface area contributed by atoms with Gasteiger partial charge in [-0.15, -0.1) is 0 Å². The molecule has 9 heteroatoms. The van der Waals surface area contributed by atoms with Crippen molar-refractivity contribution in [2.75, 3.05) is 13.1 Å². The monoisotopic (exact) mass is 444 g/mol. The van der Waals surface area contributed by atoms with Crippen LogP contribution in [0.3, 0.4) is 0 Å². The topological polar surface area (TPSA) is 85.3 Å². The molecule has 2 aliphatic rings. The molecule has 0 spiro atoms. The predicted molar refractivity (Wildman–Crippen MR) is 113 cm³/mol. The summed E-state index contributed by atoms with van der Waals surface area (Å²) >= 11 is 0. The number of carbonyl (C=O) groups is 2. The van der Waals surface area contributed by atoms with E-state index in [1.54, 1.807) is 6.07 Å². The van der Waals surface area contributed by atoms with Gasteiger partial charge >= 0.3 is 12.1 Å². The van der Waals surface area contributed by atoms with Crippen LogP contribution in [0.15, 0.2) is 42.5 Å². The number of hydrogen-bond donors (Lipinski definition) is 3. The minimum Gasteiger partial charge on any atom is -0.331 e. The molecule has 2 aromatic carbocycles. The molecule has 32 heavy (non-hydrogen) atoms. The third kappa shape index (κ3) is 4.25. The van der Waals surface area contributed by atoms with Crippen molar-refractivity contribution in [3.05, 3.63) is 70.3 Å². The van der Waals surface area contributed by atoms with Crippen LogP contribution in [-0.2, 0) is 11.3 Å². The molecule has 2 heterocycles. The van der Waals surface area contributed by atoms with Gasteiger partial charge < -0.3 is 15.5 Å². The van der Waals surface area contributed by atoms with Crippen molar-refractivity contribution >= 4 is 17.6 Å². The molecular weight excluding hydrogens is 421 g/mol. The van der Waals surface area contributed by atoms with E-state index < -0.39 is 17.9 Å². The molecule has 0 radical (unpaired) electrons. The van der Waals surface area contributed by atoms with E-state index in [4.69, 9.17) is 5.41 Å². The minimum absolute atomic E-state index is 0.0216. The van der Waals surface area contributed by atoms with Crippen molar-refractivity contribution in [2.24, 2.45) is 0 Å². The first-order chi connectivity index (χ1) is 15.1. The maximum atomic E-state index is 13.3. The number of fused-ring (bicyclic) bond motifs is 1. The molecule has 0 bridgehead atoms. The fraction of sp³-hybridized carbons (Fsp3) is 0.348. The van der Waals surface area contributed by atoms with Gasteiger partial charge in [-0.3, -0.25) is 15.0 Å². The van der Waals surface area contributed by atoms with Gasteiger partial charge in [0.15, 0.2) is 0 Å². The summed E-state index contributed by atoms with van der Waals surface area (Å²) in [6.07, 6.45) is -4.31. The van der Waals surface area contributed by atoms with E-state index in [-0.39, 0.29) is 23.4 Å². The van der Waals surface area contributed by atoms with Crippen LogP contribution in [0.4, 0.5) is 13.2 Å². The second kappa shape index (κ2) is 8.38. The van der Waals surface area contributed by atoms with Crippen molar-refractivity contribution in [1.29, 1.82) is 5.41 Å². The lowest BCUT2D eigenvalue weighted by Gasteiger charge is -2.38. The number of nitrogens with zero attached hydrogens (tertiary/aromatic N) is 1. The Hall–Kier alpha value is -3.20. The first-order valence-electron chi connectivity index (χ1n) is 10.3. The van der Waals surface area contributed by atoms with Crippen LogP contribution in [0.1, 0.15) is 45.0 Å². The van der Waals surface area contributed by atoms with E-state index in [1.807, 2.05) is 11.8 Å². The van der Waals surface area contributed by atoms with Gasteiger partial charge in [-0.25, -0.2) is 0 Å². The van der Waals surface area contributed by atoms with E-state index >= 15 is 0 Å². The highest BCUT2D eigenvalue weighted by atomic mass is 19.4. The fourth-order valence-corrected chi connectivity index (χ4v) is 4.37. The SMILES string of the molecule is Cc1ccc([C@@H]2CNCCC2N2Cc3ccc(C(=N)NC(=O)C(F)(F)F)cc3C2=O)cc1. The standard InChI is InChI=1S/C23H23F3N4O2/c1-13-2-4-14(5-3-13)18-11-28-9-8-19(18)30-12-16-7-6-15(10-17(16)21(30)31)20(27)29-22(32)23(24,25)26/h2-7,10,18-19,28H,8-9,11-12H2,1H3,(H2,27,29,32)/t18-,19?/m0/s1. The van der Waals surface area contributed by atoms with E-state index in [0.717, 1.165) is 36.2 Å². The van der Waals surface area contributed by atoms with Gasteiger partial charge in [-0.05, 0) is 37.1 Å². The number of halogens is 3. The zero-order valence-electron chi connectivity index (χ0n) is 17.4. The summed E-state index contributed by atoms with van der Waals surface area (Å²) in [5, 5.41) is 12.7. The number of aryl methyl sites for hydroxylation is 1. The second-order valence-electron chi connectivity index (χ2n) is 8.21. The number of nitrogens with one attached hydrogen (secondary N) is 3. The minimum atomic E-state index is -5.09. The highest BCUT2D eigenvalue weighted by molar-refractivity contribution is 6.09. The molecule has 2 atom stereocenters. The number of amides is 2. The van der Waals surface area contributed by atoms with Crippen LogP contribution < -0.4 is 10.6 Å². The molecule has 1 saturated heterocycles. The summed E-state index contributed by atoms with van der Waals surface area (Å²) in [6, 6.07) is 12.7. The summed E-state index contributed by atoms with van der Waals surface area (Å²) in [5.41, 5.74) is 3.47. The third-order valence-electron chi connectivity index (χ3n) is 6.08. The van der Waals surface area contributed by atoms with Crippen molar-refractivity contribution in [3.8, 4) is 0 Å². The molecular formula is C23H23F3N4O2. The molecule has 168 valence electrons. The van der Waals surface area contributed by atoms with Crippen molar-refractivity contribution in [2.45, 2.75) is 38.0 Å². The molecule has 0 saturated carbocycles. The highest BCUT2D eigenvalue weighted by Gasteiger charge is 2.40. The molecule has 2 aromatic rings. The van der Waals surface area contributed by atoms with Crippen LogP contribution in [0.2, 0.25) is 0 Å². The Bertz CT molecular complexity index is 1070. The number of hydrogen-bond acceptors (Lipinski definition) is 4. The van der Waals surface area contributed by atoms with Gasteiger partial charge in [0.25, 0.3) is 5.91 Å². The van der Waals surface area contributed by atoms with Crippen LogP contribution >= 0.6 is 0 Å². The van der Waals surface area contributed by atoms with Crippen molar-refractivity contribution in [1.82, 2.24) is 15.5 Å². The third-order valence-corrected chi connectivity index (χ3v) is 6.08. The van der Waals surface area contributed by atoms with Gasteiger partial charge in [-0.1, -0.05) is 42.0 Å². The molecule has 1 fully saturated rings. The Morgan fingerprint density at radius 3 is 2.59 bits per heavy atom. The van der Waals surface area contributed by atoms with Gasteiger partial charge in [0.05, 0.1) is 0 Å². The number of rotatable bonds is 3. The van der Waals surface area contributed by atoms with Crippen LogP contribution in [-0.4, -0.2) is 47.9 Å². The molecule has 1 unspecified atom stereocenters. The van der Waals surface area contributed by atoms with E-state index in [1.165, 1.54) is 17.4 Å². The molecule has 0 aliphatic carbocycles. The Morgan fingerprint density at radius 2 is 1.91 bits per heavy atom. The molecule has 6 nitrogen and oxygen atoms in total. The van der Waals surface area contributed by atoms with Crippen LogP contribution in [0.5, 0.6) is 0 Å². The number of carbonyl (C=O) groups excluding carboxylic acids is 2. The highest BCUT2D eigenvalue weighted by Crippen LogP contribution is 2.34. The van der Waals surface area contributed by atoms with Gasteiger partial charge in [0.2, 0.25) is 0 Å². The molecule has 2 amide bonds. The first-order valence-corrected chi connectivity index (χ1v) is 10.3. The molecule has 4 rings (SSSR count). The summed E-state index contributed by atoms with van der Waals surface area (Å²) < 4.78 is 37.5. The number of piperidine rings is 1. The van der Waals surface area contributed by atoms with Crippen molar-refractivity contribution < 1.29 is 22.8 Å². The maximum Gasteiger partial charge on any atom is 0.471 e. The lowest BCUT2D eigenvalue weighted by Crippen LogP contribution is -2.48. The number of alkyl halides is 3. The van der Waals surface area contributed by atoms with Gasteiger partial charge in [-0.2, -0.15) is 13.2 Å². The summed E-state index contributed by atoms with van der Waals surface area (Å²) in [5.74, 6) is -3.00. The average molecular weight is 444 g/mol. The number of amidine groups is 1. The Labute approximate surface area is 183 Å². The van der Waals surface area contributed by atoms with Crippen LogP contribution in [0, 0.1) is 12.3 Å². The smallest absolute Gasteiger partial charge is 0.331 e. The molecule has 0 aromatic heterocycles. The van der Waals surface area contributed by atoms with Gasteiger partial charge in [0, 0.05) is 36.2 Å². The first kappa shape index (κ1) is 22.0. The quantitative estimate of drug-likeness (QED) is 0.503. The Balaban J connectivity index is 1.55. The average Bonchev–Trinajstić information content (AvgIpc) is 3.09.